The molecule has 0 unspecified atom stereocenters. The van der Waals surface area contributed by atoms with Crippen LogP contribution in [0.5, 0.6) is 11.5 Å². The van der Waals surface area contributed by atoms with E-state index in [1.54, 1.807) is 14.2 Å². The van der Waals surface area contributed by atoms with Crippen LogP contribution < -0.4 is 9.47 Å². The van der Waals surface area contributed by atoms with Crippen molar-refractivity contribution in [3.05, 3.63) is 30.1 Å². The lowest BCUT2D eigenvalue weighted by molar-refractivity contribution is 0.398. The van der Waals surface area contributed by atoms with E-state index in [9.17, 15) is 0 Å². The van der Waals surface area contributed by atoms with Crippen LogP contribution in [0.1, 0.15) is 12.6 Å². The van der Waals surface area contributed by atoms with Gasteiger partial charge in [-0.15, -0.1) is 0 Å². The highest BCUT2D eigenvalue weighted by atomic mass is 16.5. The number of pyridine rings is 1. The van der Waals surface area contributed by atoms with Gasteiger partial charge < -0.3 is 9.47 Å². The van der Waals surface area contributed by atoms with Gasteiger partial charge in [0.2, 0.25) is 0 Å². The number of nitrogens with zero attached hydrogens (tertiary/aromatic N) is 1. The summed E-state index contributed by atoms with van der Waals surface area (Å²) in [7, 11) is 3.31. The summed E-state index contributed by atoms with van der Waals surface area (Å²) >= 11 is 0. The fourth-order valence-electron chi connectivity index (χ4n) is 1.72. The zero-order valence-electron chi connectivity index (χ0n) is 9.78. The smallest absolute Gasteiger partial charge is 0.131 e. The van der Waals surface area contributed by atoms with Crippen LogP contribution in [-0.4, -0.2) is 19.2 Å². The highest BCUT2D eigenvalue weighted by molar-refractivity contribution is 5.89. The third-order valence-corrected chi connectivity index (χ3v) is 2.65. The molecule has 1 heterocycles. The Balaban J connectivity index is 2.68. The normalized spacial score (nSPS) is 10.4. The van der Waals surface area contributed by atoms with E-state index < -0.39 is 0 Å². The first-order valence-electron chi connectivity index (χ1n) is 5.29. The van der Waals surface area contributed by atoms with Gasteiger partial charge in [0.15, 0.2) is 0 Å². The van der Waals surface area contributed by atoms with Crippen molar-refractivity contribution in [1.82, 2.24) is 4.98 Å². The molecule has 0 bridgehead atoms. The van der Waals surface area contributed by atoms with Crippen molar-refractivity contribution in [3.63, 3.8) is 0 Å². The predicted molar refractivity (Wildman–Crippen MR) is 64.2 cm³/mol. The Hall–Kier alpha value is -1.77. The molecule has 2 aromatic rings. The average molecular weight is 217 g/mol. The molecule has 0 spiro atoms. The Morgan fingerprint density at radius 2 is 1.94 bits per heavy atom. The molecule has 84 valence electrons. The minimum absolute atomic E-state index is 0.796. The van der Waals surface area contributed by atoms with Crippen molar-refractivity contribution in [2.24, 2.45) is 0 Å². The van der Waals surface area contributed by atoms with Gasteiger partial charge in [-0.3, -0.25) is 4.98 Å². The number of rotatable bonds is 3. The zero-order chi connectivity index (χ0) is 11.5. The topological polar surface area (TPSA) is 31.4 Å². The van der Waals surface area contributed by atoms with Gasteiger partial charge in [0.05, 0.1) is 14.2 Å². The maximum absolute atomic E-state index is 5.32. The van der Waals surface area contributed by atoms with Gasteiger partial charge >= 0.3 is 0 Å². The lowest BCUT2D eigenvalue weighted by Crippen LogP contribution is -1.92. The number of ether oxygens (including phenoxy) is 2. The summed E-state index contributed by atoms with van der Waals surface area (Å²) < 4.78 is 10.6. The summed E-state index contributed by atoms with van der Waals surface area (Å²) in [6.07, 6.45) is 2.78. The highest BCUT2D eigenvalue weighted by Gasteiger charge is 2.06. The molecule has 0 aliphatic carbocycles. The number of aryl methyl sites for hydroxylation is 1. The number of aromatic nitrogens is 1. The van der Waals surface area contributed by atoms with Crippen molar-refractivity contribution in [1.29, 1.82) is 0 Å². The molecule has 0 atom stereocenters. The molecule has 0 saturated heterocycles. The van der Waals surface area contributed by atoms with Crippen molar-refractivity contribution in [3.8, 4) is 11.5 Å². The molecule has 0 aliphatic rings. The van der Waals surface area contributed by atoms with Crippen LogP contribution in [0.15, 0.2) is 24.4 Å². The molecular weight excluding hydrogens is 202 g/mol. The number of methoxy groups -OCH3 is 2. The van der Waals surface area contributed by atoms with E-state index in [1.807, 2.05) is 18.3 Å². The number of benzene rings is 1. The Labute approximate surface area is 95.0 Å². The largest absolute Gasteiger partial charge is 0.497 e. The molecule has 1 aromatic carbocycles. The fraction of sp³-hybridized carbons (Fsp3) is 0.308. The number of hydrogen-bond acceptors (Lipinski definition) is 3. The first kappa shape index (κ1) is 10.7. The van der Waals surface area contributed by atoms with Crippen molar-refractivity contribution in [2.45, 2.75) is 13.3 Å². The van der Waals surface area contributed by atoms with Gasteiger partial charge in [-0.25, -0.2) is 0 Å². The van der Waals surface area contributed by atoms with E-state index >= 15 is 0 Å². The summed E-state index contributed by atoms with van der Waals surface area (Å²) in [4.78, 5) is 4.37. The predicted octanol–water partition coefficient (Wildman–Crippen LogP) is 2.81. The lowest BCUT2D eigenvalue weighted by atomic mass is 10.1. The Morgan fingerprint density at radius 3 is 2.56 bits per heavy atom. The maximum atomic E-state index is 5.32. The Bertz CT molecular complexity index is 503. The molecule has 0 amide bonds. The minimum Gasteiger partial charge on any atom is -0.497 e. The Morgan fingerprint density at radius 1 is 1.12 bits per heavy atom. The van der Waals surface area contributed by atoms with E-state index in [0.29, 0.717) is 0 Å². The van der Waals surface area contributed by atoms with Crippen LogP contribution in [0.3, 0.4) is 0 Å². The molecule has 0 saturated carbocycles. The van der Waals surface area contributed by atoms with E-state index in [2.05, 4.69) is 18.0 Å². The van der Waals surface area contributed by atoms with Crippen LogP contribution in [0.2, 0.25) is 0 Å². The van der Waals surface area contributed by atoms with Gasteiger partial charge in [0.1, 0.15) is 11.5 Å². The summed E-state index contributed by atoms with van der Waals surface area (Å²) in [6, 6.07) is 5.94. The molecule has 0 fully saturated rings. The first-order valence-corrected chi connectivity index (χ1v) is 5.29. The third kappa shape index (κ3) is 1.81. The summed E-state index contributed by atoms with van der Waals surface area (Å²) in [6.45, 7) is 2.09. The molecule has 1 aromatic heterocycles. The summed E-state index contributed by atoms with van der Waals surface area (Å²) in [5.74, 6) is 1.60. The number of fused-ring (bicyclic) bond motifs is 1. The van der Waals surface area contributed by atoms with E-state index in [-0.39, 0.29) is 0 Å². The molecule has 0 radical (unpaired) electrons. The quantitative estimate of drug-likeness (QED) is 0.792. The Kier molecular flexibility index (Phi) is 2.95. The molecule has 2 rings (SSSR count). The van der Waals surface area contributed by atoms with E-state index in [0.717, 1.165) is 34.4 Å². The molecule has 3 nitrogen and oxygen atoms in total. The lowest BCUT2D eigenvalue weighted by Gasteiger charge is -2.09. The van der Waals surface area contributed by atoms with Gasteiger partial charge in [-0.1, -0.05) is 6.92 Å². The molecular formula is C13H15NO2. The van der Waals surface area contributed by atoms with Crippen LogP contribution in [0.25, 0.3) is 10.8 Å². The molecule has 0 N–H and O–H groups in total. The summed E-state index contributed by atoms with van der Waals surface area (Å²) in [5.41, 5.74) is 1.07. The molecule has 3 heteroatoms. The van der Waals surface area contributed by atoms with Crippen molar-refractivity contribution in [2.75, 3.05) is 14.2 Å². The monoisotopic (exact) mass is 217 g/mol. The SMILES string of the molecule is CCc1cc2cc(OC)cc(OC)c2cn1. The standard InChI is InChI=1S/C13H15NO2/c1-4-10-5-9-6-11(15-2)7-13(16-3)12(9)8-14-10/h5-8H,4H2,1-3H3. The summed E-state index contributed by atoms with van der Waals surface area (Å²) in [5, 5.41) is 2.11. The second-order valence-corrected chi connectivity index (χ2v) is 3.58. The highest BCUT2D eigenvalue weighted by Crippen LogP contribution is 2.30. The fourth-order valence-corrected chi connectivity index (χ4v) is 1.72. The molecule has 0 aliphatic heterocycles. The average Bonchev–Trinajstić information content (AvgIpc) is 2.36. The van der Waals surface area contributed by atoms with Crippen molar-refractivity contribution >= 4 is 10.8 Å². The van der Waals surface area contributed by atoms with Crippen LogP contribution in [-0.2, 0) is 6.42 Å². The first-order chi connectivity index (χ1) is 7.78. The van der Waals surface area contributed by atoms with Crippen LogP contribution in [0, 0.1) is 0 Å². The zero-order valence-corrected chi connectivity index (χ0v) is 9.78. The van der Waals surface area contributed by atoms with Crippen LogP contribution >= 0.6 is 0 Å². The maximum Gasteiger partial charge on any atom is 0.131 e. The van der Waals surface area contributed by atoms with Gasteiger partial charge in [0.25, 0.3) is 0 Å². The van der Waals surface area contributed by atoms with Gasteiger partial charge in [-0.05, 0) is 23.9 Å². The van der Waals surface area contributed by atoms with Gasteiger partial charge in [-0.2, -0.15) is 0 Å². The van der Waals surface area contributed by atoms with E-state index in [4.69, 9.17) is 9.47 Å². The third-order valence-electron chi connectivity index (χ3n) is 2.65. The van der Waals surface area contributed by atoms with Crippen LogP contribution in [0.4, 0.5) is 0 Å². The van der Waals surface area contributed by atoms with Gasteiger partial charge in [0, 0.05) is 23.3 Å². The number of hydrogen-bond donors (Lipinski definition) is 0. The second kappa shape index (κ2) is 4.39. The van der Waals surface area contributed by atoms with Crippen molar-refractivity contribution < 1.29 is 9.47 Å². The second-order valence-electron chi connectivity index (χ2n) is 3.58. The minimum atomic E-state index is 0.796. The molecule has 16 heavy (non-hydrogen) atoms. The van der Waals surface area contributed by atoms with E-state index in [1.165, 1.54) is 0 Å².